The van der Waals surface area contributed by atoms with Crippen LogP contribution in [0.25, 0.3) is 0 Å². The number of rotatable bonds is 3. The van der Waals surface area contributed by atoms with E-state index in [2.05, 4.69) is 4.98 Å². The minimum Gasteiger partial charge on any atom is -0.496 e. The third kappa shape index (κ3) is 2.50. The Morgan fingerprint density at radius 1 is 1.16 bits per heavy atom. The van der Waals surface area contributed by atoms with Gasteiger partial charge in [0.2, 0.25) is 0 Å². The Balaban J connectivity index is 2.53. The van der Waals surface area contributed by atoms with E-state index in [0.29, 0.717) is 16.9 Å². The molecule has 1 aromatic heterocycles. The topological polar surface area (TPSA) is 39.2 Å². The molecule has 0 bridgehead atoms. The maximum absolute atomic E-state index is 12.5. The lowest BCUT2D eigenvalue weighted by Gasteiger charge is -2.12. The number of nitrogens with zero attached hydrogens (tertiary/aromatic N) is 1. The molecule has 0 atom stereocenters. The van der Waals surface area contributed by atoms with Gasteiger partial charge in [-0.25, -0.2) is 0 Å². The fourth-order valence-corrected chi connectivity index (χ4v) is 2.07. The number of pyridine rings is 1. The first kappa shape index (κ1) is 13.3. The second-order valence-corrected chi connectivity index (χ2v) is 4.60. The standard InChI is InChI=1S/C16H17NO2/c1-10-5-6-14(16(19-4)12(10)3)15(18)13-7-8-17-11(2)9-13/h5-9H,1-4H3. The minimum atomic E-state index is -0.0366. The lowest BCUT2D eigenvalue weighted by atomic mass is 9.98. The third-order valence-corrected chi connectivity index (χ3v) is 3.28. The molecule has 0 N–H and O–H groups in total. The number of ether oxygens (including phenoxy) is 1. The van der Waals surface area contributed by atoms with Gasteiger partial charge in [-0.15, -0.1) is 0 Å². The molecule has 2 aromatic rings. The van der Waals surface area contributed by atoms with Gasteiger partial charge in [-0.1, -0.05) is 6.07 Å². The molecule has 0 amide bonds. The van der Waals surface area contributed by atoms with Crippen molar-refractivity contribution in [2.24, 2.45) is 0 Å². The van der Waals surface area contributed by atoms with E-state index in [9.17, 15) is 4.79 Å². The highest BCUT2D eigenvalue weighted by Gasteiger charge is 2.17. The Morgan fingerprint density at radius 3 is 2.53 bits per heavy atom. The summed E-state index contributed by atoms with van der Waals surface area (Å²) in [6, 6.07) is 7.28. The van der Waals surface area contributed by atoms with Gasteiger partial charge in [0, 0.05) is 17.5 Å². The number of methoxy groups -OCH3 is 1. The molecule has 0 unspecified atom stereocenters. The largest absolute Gasteiger partial charge is 0.496 e. The lowest BCUT2D eigenvalue weighted by Crippen LogP contribution is -2.06. The van der Waals surface area contributed by atoms with Gasteiger partial charge in [0.15, 0.2) is 5.78 Å². The minimum absolute atomic E-state index is 0.0366. The Morgan fingerprint density at radius 2 is 1.89 bits per heavy atom. The maximum atomic E-state index is 12.5. The highest BCUT2D eigenvalue weighted by Crippen LogP contribution is 2.28. The van der Waals surface area contributed by atoms with Gasteiger partial charge in [0.05, 0.1) is 12.7 Å². The number of ketones is 1. The van der Waals surface area contributed by atoms with Crippen LogP contribution in [0.2, 0.25) is 0 Å². The summed E-state index contributed by atoms with van der Waals surface area (Å²) >= 11 is 0. The molecular formula is C16H17NO2. The van der Waals surface area contributed by atoms with E-state index in [0.717, 1.165) is 16.8 Å². The van der Waals surface area contributed by atoms with Crippen LogP contribution >= 0.6 is 0 Å². The van der Waals surface area contributed by atoms with Crippen molar-refractivity contribution >= 4 is 5.78 Å². The normalized spacial score (nSPS) is 10.3. The van der Waals surface area contributed by atoms with Crippen molar-refractivity contribution < 1.29 is 9.53 Å². The number of hydrogen-bond acceptors (Lipinski definition) is 3. The van der Waals surface area contributed by atoms with Crippen LogP contribution < -0.4 is 4.74 Å². The monoisotopic (exact) mass is 255 g/mol. The Bertz CT molecular complexity index is 633. The second kappa shape index (κ2) is 5.22. The molecule has 19 heavy (non-hydrogen) atoms. The zero-order valence-electron chi connectivity index (χ0n) is 11.7. The van der Waals surface area contributed by atoms with E-state index in [4.69, 9.17) is 4.74 Å². The van der Waals surface area contributed by atoms with E-state index >= 15 is 0 Å². The van der Waals surface area contributed by atoms with Crippen LogP contribution in [0.3, 0.4) is 0 Å². The van der Waals surface area contributed by atoms with Crippen molar-refractivity contribution in [3.05, 3.63) is 58.4 Å². The van der Waals surface area contributed by atoms with E-state index < -0.39 is 0 Å². The van der Waals surface area contributed by atoms with Crippen LogP contribution in [-0.4, -0.2) is 17.9 Å². The van der Waals surface area contributed by atoms with Crippen molar-refractivity contribution in [1.29, 1.82) is 0 Å². The zero-order valence-corrected chi connectivity index (χ0v) is 11.7. The summed E-state index contributed by atoms with van der Waals surface area (Å²) in [4.78, 5) is 16.6. The molecule has 0 aliphatic carbocycles. The average molecular weight is 255 g/mol. The molecule has 3 nitrogen and oxygen atoms in total. The van der Waals surface area contributed by atoms with E-state index in [1.807, 2.05) is 32.9 Å². The predicted molar refractivity (Wildman–Crippen MR) is 74.9 cm³/mol. The summed E-state index contributed by atoms with van der Waals surface area (Å²) in [6.45, 7) is 5.83. The van der Waals surface area contributed by atoms with Crippen LogP contribution in [0.4, 0.5) is 0 Å². The van der Waals surface area contributed by atoms with Crippen LogP contribution in [0, 0.1) is 20.8 Å². The Hall–Kier alpha value is -2.16. The summed E-state index contributed by atoms with van der Waals surface area (Å²) in [6.07, 6.45) is 1.65. The molecule has 0 spiro atoms. The summed E-state index contributed by atoms with van der Waals surface area (Å²) in [5, 5.41) is 0. The molecule has 0 aliphatic heterocycles. The van der Waals surface area contributed by atoms with Crippen molar-refractivity contribution in [2.45, 2.75) is 20.8 Å². The Labute approximate surface area is 113 Å². The SMILES string of the molecule is COc1c(C(=O)c2ccnc(C)c2)ccc(C)c1C. The Kier molecular flexibility index (Phi) is 3.65. The van der Waals surface area contributed by atoms with Crippen LogP contribution in [0.5, 0.6) is 5.75 Å². The summed E-state index contributed by atoms with van der Waals surface area (Å²) in [5.41, 5.74) is 4.16. The van der Waals surface area contributed by atoms with E-state index in [-0.39, 0.29) is 5.78 Å². The number of hydrogen-bond donors (Lipinski definition) is 0. The molecule has 0 aliphatic rings. The van der Waals surface area contributed by atoms with Gasteiger partial charge in [0.1, 0.15) is 5.75 Å². The fraction of sp³-hybridized carbons (Fsp3) is 0.250. The van der Waals surface area contributed by atoms with E-state index in [1.165, 1.54) is 0 Å². The number of benzene rings is 1. The van der Waals surface area contributed by atoms with Crippen LogP contribution in [-0.2, 0) is 0 Å². The summed E-state index contributed by atoms with van der Waals surface area (Å²) < 4.78 is 5.39. The number of carbonyl (C=O) groups excluding carboxylic acids is 1. The number of aromatic nitrogens is 1. The molecule has 2 rings (SSSR count). The molecule has 1 heterocycles. The maximum Gasteiger partial charge on any atom is 0.196 e. The van der Waals surface area contributed by atoms with Gasteiger partial charge < -0.3 is 4.74 Å². The molecule has 0 fully saturated rings. The van der Waals surface area contributed by atoms with Crippen LogP contribution in [0.1, 0.15) is 32.7 Å². The predicted octanol–water partition coefficient (Wildman–Crippen LogP) is 3.25. The highest BCUT2D eigenvalue weighted by molar-refractivity contribution is 6.11. The zero-order chi connectivity index (χ0) is 14.0. The molecule has 0 saturated heterocycles. The third-order valence-electron chi connectivity index (χ3n) is 3.28. The van der Waals surface area contributed by atoms with Gasteiger partial charge in [-0.05, 0) is 50.1 Å². The first-order valence-electron chi connectivity index (χ1n) is 6.16. The van der Waals surface area contributed by atoms with Gasteiger partial charge in [-0.2, -0.15) is 0 Å². The van der Waals surface area contributed by atoms with Gasteiger partial charge in [0.25, 0.3) is 0 Å². The van der Waals surface area contributed by atoms with Crippen molar-refractivity contribution in [1.82, 2.24) is 4.98 Å². The summed E-state index contributed by atoms with van der Waals surface area (Å²) in [5.74, 6) is 0.616. The molecular weight excluding hydrogens is 238 g/mol. The molecule has 3 heteroatoms. The molecule has 0 saturated carbocycles. The second-order valence-electron chi connectivity index (χ2n) is 4.60. The first-order valence-corrected chi connectivity index (χ1v) is 6.16. The van der Waals surface area contributed by atoms with Crippen molar-refractivity contribution in [3.8, 4) is 5.75 Å². The molecule has 98 valence electrons. The first-order chi connectivity index (χ1) is 9.04. The number of carbonyl (C=O) groups is 1. The van der Waals surface area contributed by atoms with Gasteiger partial charge >= 0.3 is 0 Å². The van der Waals surface area contributed by atoms with Gasteiger partial charge in [-0.3, -0.25) is 9.78 Å². The quantitative estimate of drug-likeness (QED) is 0.790. The average Bonchev–Trinajstić information content (AvgIpc) is 2.41. The van der Waals surface area contributed by atoms with Crippen molar-refractivity contribution in [3.63, 3.8) is 0 Å². The smallest absolute Gasteiger partial charge is 0.196 e. The van der Waals surface area contributed by atoms with Crippen molar-refractivity contribution in [2.75, 3.05) is 7.11 Å². The lowest BCUT2D eigenvalue weighted by molar-refractivity contribution is 0.103. The summed E-state index contributed by atoms with van der Waals surface area (Å²) in [7, 11) is 1.59. The molecule has 0 radical (unpaired) electrons. The van der Waals surface area contributed by atoms with E-state index in [1.54, 1.807) is 25.4 Å². The highest BCUT2D eigenvalue weighted by atomic mass is 16.5. The van der Waals surface area contributed by atoms with Crippen LogP contribution in [0.15, 0.2) is 30.5 Å². The molecule has 1 aromatic carbocycles. The number of aryl methyl sites for hydroxylation is 2. The fourth-order valence-electron chi connectivity index (χ4n) is 2.07.